The molecule has 7 heteroatoms. The number of hydrogen-bond acceptors (Lipinski definition) is 4. The molecule has 2 N–H and O–H groups in total. The van der Waals surface area contributed by atoms with E-state index in [9.17, 15) is 0 Å². The Kier molecular flexibility index (Phi) is 11.7. The smallest absolute Gasteiger partial charge is 0.191 e. The Hall–Kier alpha value is -1.06. The molecule has 154 valence electrons. The Balaban J connectivity index is 0.00000364. The van der Waals surface area contributed by atoms with Crippen molar-refractivity contribution in [1.82, 2.24) is 15.5 Å². The van der Waals surface area contributed by atoms with Crippen molar-refractivity contribution in [1.29, 1.82) is 0 Å². The number of aliphatic imine (C=N–C) groups is 1. The number of rotatable bonds is 8. The molecule has 1 heterocycles. The van der Waals surface area contributed by atoms with Crippen LogP contribution in [-0.2, 0) is 11.3 Å². The van der Waals surface area contributed by atoms with Gasteiger partial charge < -0.3 is 20.1 Å². The molecule has 1 aliphatic heterocycles. The lowest BCUT2D eigenvalue weighted by atomic mass is 10.1. The maximum Gasteiger partial charge on any atom is 0.191 e. The average Bonchev–Trinajstić information content (AvgIpc) is 2.64. The number of guanidine groups is 1. The van der Waals surface area contributed by atoms with E-state index < -0.39 is 0 Å². The van der Waals surface area contributed by atoms with Crippen molar-refractivity contribution in [2.45, 2.75) is 27.3 Å². The van der Waals surface area contributed by atoms with Gasteiger partial charge in [-0.2, -0.15) is 0 Å². The zero-order valence-corrected chi connectivity index (χ0v) is 19.4. The average molecular weight is 490 g/mol. The molecule has 0 bridgehead atoms. The van der Waals surface area contributed by atoms with Crippen LogP contribution in [0.5, 0.6) is 5.75 Å². The minimum atomic E-state index is 0. The largest absolute Gasteiger partial charge is 0.494 e. The summed E-state index contributed by atoms with van der Waals surface area (Å²) in [5.74, 6) is 2.31. The van der Waals surface area contributed by atoms with Gasteiger partial charge in [-0.25, -0.2) is 0 Å². The summed E-state index contributed by atoms with van der Waals surface area (Å²) in [7, 11) is 1.81. The number of nitrogens with zero attached hydrogens (tertiary/aromatic N) is 2. The van der Waals surface area contributed by atoms with Crippen LogP contribution < -0.4 is 15.4 Å². The van der Waals surface area contributed by atoms with Gasteiger partial charge in [0.25, 0.3) is 0 Å². The predicted molar refractivity (Wildman–Crippen MR) is 122 cm³/mol. The van der Waals surface area contributed by atoms with E-state index in [2.05, 4.69) is 52.6 Å². The Morgan fingerprint density at radius 2 is 2.04 bits per heavy atom. The van der Waals surface area contributed by atoms with Gasteiger partial charge in [0, 0.05) is 45.3 Å². The van der Waals surface area contributed by atoms with Crippen LogP contribution in [0, 0.1) is 12.8 Å². The summed E-state index contributed by atoms with van der Waals surface area (Å²) in [6.45, 7) is 13.5. The van der Waals surface area contributed by atoms with E-state index in [1.165, 1.54) is 5.56 Å². The van der Waals surface area contributed by atoms with Gasteiger partial charge in [-0.15, -0.1) is 24.0 Å². The zero-order chi connectivity index (χ0) is 18.8. The predicted octanol–water partition coefficient (Wildman–Crippen LogP) is 2.65. The van der Waals surface area contributed by atoms with Gasteiger partial charge in [-0.05, 0) is 31.4 Å². The molecule has 1 unspecified atom stereocenters. The highest BCUT2D eigenvalue weighted by Gasteiger charge is 2.14. The first-order valence-corrected chi connectivity index (χ1v) is 9.59. The Morgan fingerprint density at radius 1 is 1.30 bits per heavy atom. The maximum atomic E-state index is 5.75. The van der Waals surface area contributed by atoms with Gasteiger partial charge in [0.1, 0.15) is 5.75 Å². The molecule has 27 heavy (non-hydrogen) atoms. The Bertz CT molecular complexity index is 577. The molecule has 1 aromatic rings. The topological polar surface area (TPSA) is 58.1 Å². The second-order valence-electron chi connectivity index (χ2n) is 6.87. The quantitative estimate of drug-likeness (QED) is 0.334. The molecule has 6 nitrogen and oxygen atoms in total. The summed E-state index contributed by atoms with van der Waals surface area (Å²) in [4.78, 5) is 6.80. The number of nitrogens with one attached hydrogen (secondary N) is 2. The number of aryl methyl sites for hydroxylation is 1. The lowest BCUT2D eigenvalue weighted by Gasteiger charge is -2.29. The normalized spacial score (nSPS) is 16.4. The number of ether oxygens (including phenoxy) is 2. The monoisotopic (exact) mass is 490 g/mol. The first kappa shape index (κ1) is 24.0. The number of hydrogen-bond donors (Lipinski definition) is 2. The third-order valence-corrected chi connectivity index (χ3v) is 4.48. The fraction of sp³-hybridized carbons (Fsp3) is 0.650. The highest BCUT2D eigenvalue weighted by molar-refractivity contribution is 14.0. The fourth-order valence-electron chi connectivity index (χ4n) is 3.06. The van der Waals surface area contributed by atoms with Gasteiger partial charge in [-0.1, -0.05) is 19.1 Å². The molecule has 1 atom stereocenters. The van der Waals surface area contributed by atoms with E-state index in [4.69, 9.17) is 9.47 Å². The van der Waals surface area contributed by atoms with Gasteiger partial charge in [0.2, 0.25) is 0 Å². The number of benzene rings is 1. The Morgan fingerprint density at radius 3 is 2.70 bits per heavy atom. The molecule has 1 saturated heterocycles. The standard InChI is InChI=1S/C20H34N4O2.HI/c1-5-26-19-12-16(2)6-7-18(19)14-23-20(21-4)22-13-17(3)15-24-8-10-25-11-9-24;/h6-7,12,17H,5,8-11,13-15H2,1-4H3,(H2,21,22,23);1H. The van der Waals surface area contributed by atoms with Gasteiger partial charge >= 0.3 is 0 Å². The van der Waals surface area contributed by atoms with Crippen molar-refractivity contribution in [3.63, 3.8) is 0 Å². The summed E-state index contributed by atoms with van der Waals surface area (Å²) in [5.41, 5.74) is 2.35. The number of morpholine rings is 1. The van der Waals surface area contributed by atoms with Gasteiger partial charge in [-0.3, -0.25) is 9.89 Å². The number of halogens is 1. The summed E-state index contributed by atoms with van der Waals surface area (Å²) in [6.07, 6.45) is 0. The molecule has 0 radical (unpaired) electrons. The molecule has 0 aliphatic carbocycles. The van der Waals surface area contributed by atoms with Crippen molar-refractivity contribution in [2.75, 3.05) is 53.0 Å². The summed E-state index contributed by atoms with van der Waals surface area (Å²) >= 11 is 0. The van der Waals surface area contributed by atoms with E-state index in [1.807, 2.05) is 6.92 Å². The molecule has 1 aromatic carbocycles. The lowest BCUT2D eigenvalue weighted by Crippen LogP contribution is -2.43. The van der Waals surface area contributed by atoms with E-state index in [-0.39, 0.29) is 24.0 Å². The van der Waals surface area contributed by atoms with Crippen molar-refractivity contribution >= 4 is 29.9 Å². The summed E-state index contributed by atoms with van der Waals surface area (Å²) < 4.78 is 11.2. The van der Waals surface area contributed by atoms with Crippen molar-refractivity contribution in [3.05, 3.63) is 29.3 Å². The summed E-state index contributed by atoms with van der Waals surface area (Å²) in [6, 6.07) is 6.31. The maximum absolute atomic E-state index is 5.75. The fourth-order valence-corrected chi connectivity index (χ4v) is 3.06. The van der Waals surface area contributed by atoms with E-state index in [1.54, 1.807) is 7.05 Å². The SMILES string of the molecule is CCOc1cc(C)ccc1CNC(=NC)NCC(C)CN1CCOCC1.I. The van der Waals surface area contributed by atoms with E-state index in [0.29, 0.717) is 19.1 Å². The van der Waals surface area contributed by atoms with Crippen LogP contribution in [0.15, 0.2) is 23.2 Å². The minimum absolute atomic E-state index is 0. The van der Waals surface area contributed by atoms with Crippen molar-refractivity contribution in [2.24, 2.45) is 10.9 Å². The third-order valence-electron chi connectivity index (χ3n) is 4.48. The van der Waals surface area contributed by atoms with Crippen LogP contribution in [0.25, 0.3) is 0 Å². The van der Waals surface area contributed by atoms with Crippen molar-refractivity contribution < 1.29 is 9.47 Å². The van der Waals surface area contributed by atoms with Crippen LogP contribution >= 0.6 is 24.0 Å². The molecule has 1 fully saturated rings. The molecule has 2 rings (SSSR count). The minimum Gasteiger partial charge on any atom is -0.494 e. The van der Waals surface area contributed by atoms with E-state index >= 15 is 0 Å². The second-order valence-corrected chi connectivity index (χ2v) is 6.87. The molecule has 0 amide bonds. The first-order valence-electron chi connectivity index (χ1n) is 9.59. The van der Waals surface area contributed by atoms with Crippen LogP contribution in [-0.4, -0.2) is 63.9 Å². The molecule has 0 spiro atoms. The summed E-state index contributed by atoms with van der Waals surface area (Å²) in [5, 5.41) is 6.82. The molecule has 0 saturated carbocycles. The highest BCUT2D eigenvalue weighted by Crippen LogP contribution is 2.20. The molecular weight excluding hydrogens is 455 g/mol. The molecule has 0 aromatic heterocycles. The van der Waals surface area contributed by atoms with Crippen LogP contribution in [0.3, 0.4) is 0 Å². The van der Waals surface area contributed by atoms with Crippen LogP contribution in [0.4, 0.5) is 0 Å². The zero-order valence-electron chi connectivity index (χ0n) is 17.1. The first-order chi connectivity index (χ1) is 12.6. The van der Waals surface area contributed by atoms with Crippen LogP contribution in [0.1, 0.15) is 25.0 Å². The van der Waals surface area contributed by atoms with Crippen LogP contribution in [0.2, 0.25) is 0 Å². The lowest BCUT2D eigenvalue weighted by molar-refractivity contribution is 0.0320. The highest BCUT2D eigenvalue weighted by atomic mass is 127. The Labute approximate surface area is 181 Å². The van der Waals surface area contributed by atoms with Crippen molar-refractivity contribution in [3.8, 4) is 5.75 Å². The van der Waals surface area contributed by atoms with Gasteiger partial charge in [0.05, 0.1) is 19.8 Å². The molecular formula is C20H35IN4O2. The third kappa shape index (κ3) is 8.66. The van der Waals surface area contributed by atoms with Gasteiger partial charge in [0.15, 0.2) is 5.96 Å². The molecule has 1 aliphatic rings. The van der Waals surface area contributed by atoms with E-state index in [0.717, 1.165) is 56.7 Å². The second kappa shape index (κ2) is 13.2.